The third-order valence-electron chi connectivity index (χ3n) is 3.17. The van der Waals surface area contributed by atoms with Gasteiger partial charge in [0.05, 0.1) is 16.5 Å². The summed E-state index contributed by atoms with van der Waals surface area (Å²) in [6.45, 7) is 0. The minimum atomic E-state index is -0.630. The van der Waals surface area contributed by atoms with Gasteiger partial charge in [-0.3, -0.25) is 15.0 Å². The molecule has 3 N–H and O–H groups in total. The number of carbonyl (C=O) groups is 1. The van der Waals surface area contributed by atoms with Crippen LogP contribution in [0, 0.1) is 4.77 Å². The Kier molecular flexibility index (Phi) is 3.48. The summed E-state index contributed by atoms with van der Waals surface area (Å²) in [4.78, 5) is 27.5. The predicted molar refractivity (Wildman–Crippen MR) is 85.2 cm³/mol. The minimum Gasteiger partial charge on any atom is -0.507 e. The fourth-order valence-electron chi connectivity index (χ4n) is 2.09. The van der Waals surface area contributed by atoms with Gasteiger partial charge in [0.2, 0.25) is 0 Å². The molecule has 0 aliphatic heterocycles. The zero-order valence-electron chi connectivity index (χ0n) is 11.2. The zero-order valence-corrected chi connectivity index (χ0v) is 12.1. The van der Waals surface area contributed by atoms with Gasteiger partial charge in [-0.15, -0.1) is 0 Å². The van der Waals surface area contributed by atoms with E-state index in [0.717, 1.165) is 4.68 Å². The second-order valence-electron chi connectivity index (χ2n) is 4.57. The number of H-pyrrole nitrogens is 1. The molecule has 3 aromatic rings. The van der Waals surface area contributed by atoms with Crippen LogP contribution >= 0.6 is 12.2 Å². The normalized spacial score (nSPS) is 10.5. The van der Waals surface area contributed by atoms with E-state index >= 15 is 0 Å². The first kappa shape index (κ1) is 14.0. The molecular formula is C15H11N3O3S. The number of benzene rings is 2. The van der Waals surface area contributed by atoms with Crippen LogP contribution in [0.25, 0.3) is 10.9 Å². The molecule has 0 radical (unpaired) electrons. The smallest absolute Gasteiger partial charge is 0.281 e. The van der Waals surface area contributed by atoms with Crippen LogP contribution in [0.1, 0.15) is 10.4 Å². The number of nitrogens with zero attached hydrogens (tertiary/aromatic N) is 1. The van der Waals surface area contributed by atoms with Crippen LogP contribution in [0.2, 0.25) is 0 Å². The maximum absolute atomic E-state index is 12.4. The van der Waals surface area contributed by atoms with E-state index in [1.807, 2.05) is 0 Å². The van der Waals surface area contributed by atoms with Crippen LogP contribution < -0.4 is 11.0 Å². The van der Waals surface area contributed by atoms with E-state index in [1.54, 1.807) is 36.4 Å². The molecule has 0 spiro atoms. The number of aromatic hydroxyl groups is 1. The summed E-state index contributed by atoms with van der Waals surface area (Å²) in [6.07, 6.45) is 0. The molecule has 22 heavy (non-hydrogen) atoms. The van der Waals surface area contributed by atoms with Crippen LogP contribution in [0.5, 0.6) is 5.75 Å². The van der Waals surface area contributed by atoms with Crippen molar-refractivity contribution in [2.24, 2.45) is 0 Å². The molecular weight excluding hydrogens is 302 g/mol. The molecule has 0 fully saturated rings. The Balaban J connectivity index is 2.08. The van der Waals surface area contributed by atoms with Crippen LogP contribution in [-0.4, -0.2) is 20.7 Å². The van der Waals surface area contributed by atoms with E-state index < -0.39 is 11.5 Å². The molecule has 0 unspecified atom stereocenters. The first-order valence-electron chi connectivity index (χ1n) is 6.41. The van der Waals surface area contributed by atoms with Crippen molar-refractivity contribution in [1.82, 2.24) is 9.66 Å². The number of nitrogens with one attached hydrogen (secondary N) is 2. The summed E-state index contributed by atoms with van der Waals surface area (Å²) in [5.74, 6) is -0.807. The van der Waals surface area contributed by atoms with Crippen molar-refractivity contribution in [3.8, 4) is 5.75 Å². The van der Waals surface area contributed by atoms with Gasteiger partial charge in [-0.25, -0.2) is 0 Å². The number of carbonyl (C=O) groups excluding carboxylic acids is 1. The molecule has 0 saturated carbocycles. The quantitative estimate of drug-likeness (QED) is 0.633. The number of hydrogen-bond donors (Lipinski definition) is 3. The van der Waals surface area contributed by atoms with Gasteiger partial charge in [0.25, 0.3) is 11.5 Å². The van der Waals surface area contributed by atoms with Gasteiger partial charge in [-0.1, -0.05) is 24.3 Å². The molecule has 0 bridgehead atoms. The molecule has 7 heteroatoms. The molecule has 110 valence electrons. The van der Waals surface area contributed by atoms with E-state index in [0.29, 0.717) is 10.9 Å². The monoisotopic (exact) mass is 313 g/mol. The highest BCUT2D eigenvalue weighted by molar-refractivity contribution is 7.71. The largest absolute Gasteiger partial charge is 0.507 e. The molecule has 0 saturated heterocycles. The summed E-state index contributed by atoms with van der Waals surface area (Å²) < 4.78 is 1.01. The van der Waals surface area contributed by atoms with Gasteiger partial charge in [0, 0.05) is 0 Å². The van der Waals surface area contributed by atoms with Gasteiger partial charge >= 0.3 is 0 Å². The number of fused-ring (bicyclic) bond motifs is 1. The van der Waals surface area contributed by atoms with Crippen molar-refractivity contribution in [3.63, 3.8) is 0 Å². The van der Waals surface area contributed by atoms with Crippen LogP contribution in [0.15, 0.2) is 53.3 Å². The molecule has 0 atom stereocenters. The standard InChI is InChI=1S/C15H11N3O3S/c19-12-8-4-2-6-10(12)13(20)17-18-14(21)9-5-1-3-7-11(9)16-15(18)22/h1-8,19H,(H,16,22)(H,17,20). The van der Waals surface area contributed by atoms with Crippen molar-refractivity contribution in [2.45, 2.75) is 0 Å². The highest BCUT2D eigenvalue weighted by Gasteiger charge is 2.13. The number of phenolic OH excluding ortho intramolecular Hbond substituents is 1. The van der Waals surface area contributed by atoms with Crippen molar-refractivity contribution in [2.75, 3.05) is 5.43 Å². The Morgan fingerprint density at radius 1 is 1.14 bits per heavy atom. The molecule has 1 aromatic heterocycles. The first-order chi connectivity index (χ1) is 10.6. The first-order valence-corrected chi connectivity index (χ1v) is 6.82. The van der Waals surface area contributed by atoms with Crippen molar-refractivity contribution in [3.05, 3.63) is 69.2 Å². The fraction of sp³-hybridized carbons (Fsp3) is 0. The number of phenols is 1. The van der Waals surface area contributed by atoms with Gasteiger partial charge in [0.1, 0.15) is 5.75 Å². The summed E-state index contributed by atoms with van der Waals surface area (Å²) in [6, 6.07) is 12.9. The van der Waals surface area contributed by atoms with Crippen LogP contribution in [-0.2, 0) is 0 Å². The van der Waals surface area contributed by atoms with E-state index in [9.17, 15) is 14.7 Å². The van der Waals surface area contributed by atoms with Gasteiger partial charge in [-0.05, 0) is 36.5 Å². The molecule has 3 rings (SSSR count). The summed E-state index contributed by atoms with van der Waals surface area (Å²) >= 11 is 5.10. The number of hydrogen-bond acceptors (Lipinski definition) is 4. The topological polar surface area (TPSA) is 87.1 Å². The second-order valence-corrected chi connectivity index (χ2v) is 4.96. The predicted octanol–water partition coefficient (Wildman–Crippen LogP) is 2.15. The Morgan fingerprint density at radius 3 is 2.59 bits per heavy atom. The number of rotatable bonds is 2. The Bertz CT molecular complexity index is 991. The van der Waals surface area contributed by atoms with Gasteiger partial charge < -0.3 is 10.1 Å². The molecule has 2 aromatic carbocycles. The van der Waals surface area contributed by atoms with Gasteiger partial charge in [-0.2, -0.15) is 4.68 Å². The summed E-state index contributed by atoms with van der Waals surface area (Å²) in [7, 11) is 0. The summed E-state index contributed by atoms with van der Waals surface area (Å²) in [5, 5.41) is 10.1. The maximum atomic E-state index is 12.4. The van der Waals surface area contributed by atoms with E-state index in [1.165, 1.54) is 12.1 Å². The lowest BCUT2D eigenvalue weighted by molar-refractivity contribution is 0.100. The third kappa shape index (κ3) is 2.38. The molecule has 0 aliphatic rings. The Hall–Kier alpha value is -2.93. The number of para-hydroxylation sites is 2. The van der Waals surface area contributed by atoms with Crippen molar-refractivity contribution >= 4 is 29.0 Å². The SMILES string of the molecule is O=C(Nn1c(=S)[nH]c2ccccc2c1=O)c1ccccc1O. The van der Waals surface area contributed by atoms with E-state index in [4.69, 9.17) is 12.2 Å². The average molecular weight is 313 g/mol. The van der Waals surface area contributed by atoms with Crippen molar-refractivity contribution in [1.29, 1.82) is 0 Å². The third-order valence-corrected chi connectivity index (χ3v) is 3.45. The Morgan fingerprint density at radius 2 is 1.82 bits per heavy atom. The van der Waals surface area contributed by atoms with E-state index in [2.05, 4.69) is 10.4 Å². The second kappa shape index (κ2) is 5.45. The fourth-order valence-corrected chi connectivity index (χ4v) is 2.33. The maximum Gasteiger partial charge on any atom is 0.281 e. The lowest BCUT2D eigenvalue weighted by Crippen LogP contribution is -2.34. The Labute approximate surface area is 129 Å². The minimum absolute atomic E-state index is 0.0527. The van der Waals surface area contributed by atoms with Crippen LogP contribution in [0.4, 0.5) is 0 Å². The number of amides is 1. The average Bonchev–Trinajstić information content (AvgIpc) is 2.51. The lowest BCUT2D eigenvalue weighted by atomic mass is 10.2. The van der Waals surface area contributed by atoms with E-state index in [-0.39, 0.29) is 16.1 Å². The highest BCUT2D eigenvalue weighted by atomic mass is 32.1. The van der Waals surface area contributed by atoms with Gasteiger partial charge in [0.15, 0.2) is 4.77 Å². The zero-order chi connectivity index (χ0) is 15.7. The molecule has 0 aliphatic carbocycles. The number of aromatic nitrogens is 2. The molecule has 1 amide bonds. The summed E-state index contributed by atoms with van der Waals surface area (Å²) in [5.41, 5.74) is 2.60. The lowest BCUT2D eigenvalue weighted by Gasteiger charge is -2.10. The molecule has 6 nitrogen and oxygen atoms in total. The number of aromatic amines is 1. The van der Waals surface area contributed by atoms with Crippen molar-refractivity contribution < 1.29 is 9.90 Å². The van der Waals surface area contributed by atoms with Crippen LogP contribution in [0.3, 0.4) is 0 Å². The highest BCUT2D eigenvalue weighted by Crippen LogP contribution is 2.15. The molecule has 1 heterocycles.